The smallest absolute Gasteiger partial charge is 0.341 e. The molecule has 1 heterocycles. The van der Waals surface area contributed by atoms with Crippen molar-refractivity contribution in [1.82, 2.24) is 0 Å². The number of carbonyl (C=O) groups is 2. The molecular formula is C22H18ClNO3S. The monoisotopic (exact) mass is 411 g/mol. The second-order valence-corrected chi connectivity index (χ2v) is 7.63. The number of aryl methyl sites for hydroxylation is 1. The molecule has 0 aliphatic heterocycles. The van der Waals surface area contributed by atoms with Crippen LogP contribution in [-0.4, -0.2) is 19.0 Å². The number of carbonyl (C=O) groups excluding carboxylic acids is 2. The largest absolute Gasteiger partial charge is 0.465 e. The molecule has 0 atom stereocenters. The van der Waals surface area contributed by atoms with E-state index in [1.165, 1.54) is 24.5 Å². The number of methoxy groups -OCH3 is 1. The van der Waals surface area contributed by atoms with E-state index in [1.54, 1.807) is 18.2 Å². The van der Waals surface area contributed by atoms with Crippen molar-refractivity contribution in [2.45, 2.75) is 6.92 Å². The third kappa shape index (κ3) is 4.50. The number of hydrogen-bond donors (Lipinski definition) is 1. The Hall–Kier alpha value is -2.89. The fourth-order valence-electron chi connectivity index (χ4n) is 2.78. The molecule has 0 aliphatic rings. The number of anilines is 1. The van der Waals surface area contributed by atoms with Gasteiger partial charge in [-0.2, -0.15) is 0 Å². The highest BCUT2D eigenvalue weighted by Gasteiger charge is 2.24. The molecule has 0 aliphatic carbocycles. The first-order valence-corrected chi connectivity index (χ1v) is 9.71. The van der Waals surface area contributed by atoms with Gasteiger partial charge in [0.15, 0.2) is 0 Å². The molecule has 4 nitrogen and oxygen atoms in total. The summed E-state index contributed by atoms with van der Waals surface area (Å²) in [5.74, 6) is -0.818. The van der Waals surface area contributed by atoms with Gasteiger partial charge in [-0.05, 0) is 36.3 Å². The molecule has 1 amide bonds. The second-order valence-electron chi connectivity index (χ2n) is 5.97. The molecule has 0 fully saturated rings. The van der Waals surface area contributed by atoms with Gasteiger partial charge in [-0.1, -0.05) is 54.1 Å². The average Bonchev–Trinajstić information content (AvgIpc) is 3.03. The Bertz CT molecular complexity index is 1020. The number of benzene rings is 2. The van der Waals surface area contributed by atoms with Gasteiger partial charge in [0.25, 0.3) is 0 Å². The van der Waals surface area contributed by atoms with Crippen LogP contribution < -0.4 is 5.32 Å². The number of nitrogens with one attached hydrogen (secondary N) is 1. The van der Waals surface area contributed by atoms with Gasteiger partial charge in [0.2, 0.25) is 5.91 Å². The van der Waals surface area contributed by atoms with E-state index in [9.17, 15) is 9.59 Å². The van der Waals surface area contributed by atoms with E-state index >= 15 is 0 Å². The Morgan fingerprint density at radius 3 is 2.39 bits per heavy atom. The van der Waals surface area contributed by atoms with Crippen LogP contribution in [0.5, 0.6) is 0 Å². The lowest BCUT2D eigenvalue weighted by Crippen LogP contribution is -2.11. The van der Waals surface area contributed by atoms with Gasteiger partial charge >= 0.3 is 5.97 Å². The zero-order valence-electron chi connectivity index (χ0n) is 15.4. The van der Waals surface area contributed by atoms with E-state index in [2.05, 4.69) is 5.32 Å². The predicted octanol–water partition coefficient (Wildman–Crippen LogP) is 5.82. The number of amides is 1. The van der Waals surface area contributed by atoms with Crippen LogP contribution in [0.1, 0.15) is 20.8 Å². The van der Waals surface area contributed by atoms with Crippen LogP contribution in [0.3, 0.4) is 0 Å². The summed E-state index contributed by atoms with van der Waals surface area (Å²) in [6.07, 6.45) is 3.10. The quantitative estimate of drug-likeness (QED) is 0.425. The van der Waals surface area contributed by atoms with Gasteiger partial charge in [-0.25, -0.2) is 4.79 Å². The molecule has 0 saturated carbocycles. The number of thiophene rings is 1. The van der Waals surface area contributed by atoms with Gasteiger partial charge in [0.1, 0.15) is 10.6 Å². The maximum Gasteiger partial charge on any atom is 0.341 e. The summed E-state index contributed by atoms with van der Waals surface area (Å²) < 4.78 is 4.96. The summed E-state index contributed by atoms with van der Waals surface area (Å²) in [6, 6.07) is 16.7. The van der Waals surface area contributed by atoms with E-state index in [-0.39, 0.29) is 5.91 Å². The number of halogens is 1. The zero-order valence-corrected chi connectivity index (χ0v) is 16.9. The number of esters is 1. The van der Waals surface area contributed by atoms with E-state index in [0.717, 1.165) is 21.6 Å². The van der Waals surface area contributed by atoms with Crippen molar-refractivity contribution in [3.05, 3.63) is 81.7 Å². The lowest BCUT2D eigenvalue weighted by Gasteiger charge is -2.07. The maximum atomic E-state index is 12.4. The van der Waals surface area contributed by atoms with E-state index in [0.29, 0.717) is 15.6 Å². The van der Waals surface area contributed by atoms with Crippen molar-refractivity contribution in [3.63, 3.8) is 0 Å². The molecule has 2 aromatic carbocycles. The summed E-state index contributed by atoms with van der Waals surface area (Å²) in [6.45, 7) is 1.92. The molecule has 1 N–H and O–H groups in total. The van der Waals surface area contributed by atoms with Gasteiger partial charge in [-0.3, -0.25) is 4.79 Å². The van der Waals surface area contributed by atoms with Crippen molar-refractivity contribution >= 4 is 45.9 Å². The van der Waals surface area contributed by atoms with E-state index in [4.69, 9.17) is 16.3 Å². The van der Waals surface area contributed by atoms with Crippen molar-refractivity contribution in [2.24, 2.45) is 0 Å². The van der Waals surface area contributed by atoms with Crippen molar-refractivity contribution < 1.29 is 14.3 Å². The van der Waals surface area contributed by atoms with E-state index in [1.807, 2.05) is 49.4 Å². The summed E-state index contributed by atoms with van der Waals surface area (Å²) in [7, 11) is 1.33. The SMILES string of the molecule is COC(=O)c1c(NC(=O)/C=C/c2ccc(Cl)cc2)sc(C)c1-c1ccccc1. The Kier molecular flexibility index (Phi) is 6.29. The summed E-state index contributed by atoms with van der Waals surface area (Å²) in [5.41, 5.74) is 2.88. The molecule has 3 aromatic rings. The van der Waals surface area contributed by atoms with Gasteiger partial charge in [0.05, 0.1) is 7.11 Å². The highest BCUT2D eigenvalue weighted by molar-refractivity contribution is 7.17. The standard InChI is InChI=1S/C22H18ClNO3S/c1-14-19(16-6-4-3-5-7-16)20(22(26)27-2)21(28-14)24-18(25)13-10-15-8-11-17(23)12-9-15/h3-13H,1-2H3,(H,24,25)/b13-10+. The Labute approximate surface area is 172 Å². The normalized spacial score (nSPS) is 10.8. The molecule has 0 saturated heterocycles. The first-order chi connectivity index (χ1) is 13.5. The van der Waals surface area contributed by atoms with Crippen molar-refractivity contribution in [1.29, 1.82) is 0 Å². The first-order valence-electron chi connectivity index (χ1n) is 8.51. The van der Waals surface area contributed by atoms with Crippen LogP contribution in [-0.2, 0) is 9.53 Å². The van der Waals surface area contributed by atoms with Crippen molar-refractivity contribution in [2.75, 3.05) is 12.4 Å². The number of hydrogen-bond acceptors (Lipinski definition) is 4. The molecule has 0 radical (unpaired) electrons. The molecule has 0 spiro atoms. The lowest BCUT2D eigenvalue weighted by atomic mass is 10.0. The summed E-state index contributed by atoms with van der Waals surface area (Å²) in [5, 5.41) is 3.90. The average molecular weight is 412 g/mol. The Balaban J connectivity index is 1.90. The lowest BCUT2D eigenvalue weighted by molar-refractivity contribution is -0.111. The number of ether oxygens (including phenoxy) is 1. The molecule has 28 heavy (non-hydrogen) atoms. The third-order valence-corrected chi connectivity index (χ3v) is 5.34. The highest BCUT2D eigenvalue weighted by atomic mass is 35.5. The minimum absolute atomic E-state index is 0.332. The molecule has 0 unspecified atom stereocenters. The molecule has 3 rings (SSSR count). The molecule has 1 aromatic heterocycles. The highest BCUT2D eigenvalue weighted by Crippen LogP contribution is 2.40. The predicted molar refractivity (Wildman–Crippen MR) is 115 cm³/mol. The van der Waals surface area contributed by atoms with Crippen LogP contribution in [0.25, 0.3) is 17.2 Å². The van der Waals surface area contributed by atoms with Gasteiger partial charge in [0, 0.05) is 21.5 Å². The Morgan fingerprint density at radius 2 is 1.75 bits per heavy atom. The van der Waals surface area contributed by atoms with Crippen LogP contribution in [0.15, 0.2) is 60.7 Å². The maximum absolute atomic E-state index is 12.4. The minimum Gasteiger partial charge on any atom is -0.465 e. The van der Waals surface area contributed by atoms with E-state index < -0.39 is 5.97 Å². The number of rotatable bonds is 5. The molecular weight excluding hydrogens is 394 g/mol. The summed E-state index contributed by atoms with van der Waals surface area (Å²) in [4.78, 5) is 25.8. The van der Waals surface area contributed by atoms with Gasteiger partial charge < -0.3 is 10.1 Å². The first kappa shape index (κ1) is 19.9. The minimum atomic E-state index is -0.486. The van der Waals surface area contributed by atoms with Crippen LogP contribution in [0.2, 0.25) is 5.02 Å². The summed E-state index contributed by atoms with van der Waals surface area (Å²) >= 11 is 7.21. The molecule has 0 bridgehead atoms. The second kappa shape index (κ2) is 8.87. The molecule has 142 valence electrons. The van der Waals surface area contributed by atoms with Crippen LogP contribution >= 0.6 is 22.9 Å². The van der Waals surface area contributed by atoms with Crippen LogP contribution in [0.4, 0.5) is 5.00 Å². The van der Waals surface area contributed by atoms with Crippen LogP contribution in [0, 0.1) is 6.92 Å². The van der Waals surface area contributed by atoms with Gasteiger partial charge in [-0.15, -0.1) is 11.3 Å². The topological polar surface area (TPSA) is 55.4 Å². The fraction of sp³-hybridized carbons (Fsp3) is 0.0909. The fourth-order valence-corrected chi connectivity index (χ4v) is 3.97. The zero-order chi connectivity index (χ0) is 20.1. The third-order valence-electron chi connectivity index (χ3n) is 4.07. The van der Waals surface area contributed by atoms with Crippen molar-refractivity contribution in [3.8, 4) is 11.1 Å². The Morgan fingerprint density at radius 1 is 1.07 bits per heavy atom. The molecule has 6 heteroatoms.